The van der Waals surface area contributed by atoms with E-state index in [1.54, 1.807) is 24.3 Å². The molecule has 1 aliphatic heterocycles. The van der Waals surface area contributed by atoms with E-state index in [2.05, 4.69) is 5.32 Å². The number of benzene rings is 2. The van der Waals surface area contributed by atoms with Crippen molar-refractivity contribution in [3.8, 4) is 0 Å². The molecule has 1 heterocycles. The molecule has 4 amide bonds. The standard InChI is InChI=1S/C19H16N2O7S/c22-11-14-3-1-13(2-4-14)10-21-18(24)16(17(23)20-19(21)25)9-12-5-7-15(8-6-12)29(26,27)28/h1-8,11,16H,9-10H2,(H,20,23,25)(H,26,27,28). The quantitative estimate of drug-likeness (QED) is 0.410. The molecule has 0 radical (unpaired) electrons. The lowest BCUT2D eigenvalue weighted by atomic mass is 9.95. The Morgan fingerprint density at radius 3 is 2.10 bits per heavy atom. The van der Waals surface area contributed by atoms with E-state index in [1.807, 2.05) is 0 Å². The maximum atomic E-state index is 12.8. The van der Waals surface area contributed by atoms with Crippen molar-refractivity contribution in [2.24, 2.45) is 5.92 Å². The Labute approximate surface area is 166 Å². The van der Waals surface area contributed by atoms with E-state index in [1.165, 1.54) is 12.1 Å². The number of hydrogen-bond donors (Lipinski definition) is 2. The summed E-state index contributed by atoms with van der Waals surface area (Å²) in [6.07, 6.45) is 0.620. The van der Waals surface area contributed by atoms with Gasteiger partial charge in [0.1, 0.15) is 12.2 Å². The van der Waals surface area contributed by atoms with Crippen LogP contribution in [-0.4, -0.2) is 42.0 Å². The molecule has 0 aromatic heterocycles. The van der Waals surface area contributed by atoms with Crippen LogP contribution < -0.4 is 5.32 Å². The summed E-state index contributed by atoms with van der Waals surface area (Å²) in [6.45, 7) is -0.0741. The van der Waals surface area contributed by atoms with Crippen LogP contribution in [0.15, 0.2) is 53.4 Å². The Morgan fingerprint density at radius 1 is 0.966 bits per heavy atom. The van der Waals surface area contributed by atoms with Gasteiger partial charge in [-0.1, -0.05) is 36.4 Å². The molecule has 2 aromatic rings. The van der Waals surface area contributed by atoms with Gasteiger partial charge in [0.25, 0.3) is 10.1 Å². The topological polar surface area (TPSA) is 138 Å². The number of rotatable bonds is 6. The molecule has 0 bridgehead atoms. The molecular formula is C19H16N2O7S. The number of urea groups is 1. The van der Waals surface area contributed by atoms with Gasteiger partial charge in [-0.2, -0.15) is 8.42 Å². The Balaban J connectivity index is 1.78. The van der Waals surface area contributed by atoms with Crippen LogP contribution in [0.4, 0.5) is 4.79 Å². The van der Waals surface area contributed by atoms with Crippen LogP contribution in [0.3, 0.4) is 0 Å². The highest BCUT2D eigenvalue weighted by molar-refractivity contribution is 7.85. The van der Waals surface area contributed by atoms with E-state index in [4.69, 9.17) is 4.55 Å². The van der Waals surface area contributed by atoms with Crippen molar-refractivity contribution in [2.75, 3.05) is 0 Å². The SMILES string of the molecule is O=Cc1ccc(CN2C(=O)NC(=O)C(Cc3ccc(S(=O)(=O)O)cc3)C2=O)cc1. The normalized spacial score (nSPS) is 17.2. The minimum absolute atomic E-state index is 0.0513. The van der Waals surface area contributed by atoms with Crippen LogP contribution in [0.5, 0.6) is 0 Å². The highest BCUT2D eigenvalue weighted by Gasteiger charge is 2.40. The molecular weight excluding hydrogens is 400 g/mol. The molecule has 150 valence electrons. The van der Waals surface area contributed by atoms with E-state index in [0.29, 0.717) is 23.0 Å². The first-order chi connectivity index (χ1) is 13.7. The molecule has 0 saturated carbocycles. The van der Waals surface area contributed by atoms with Crippen LogP contribution in [0.2, 0.25) is 0 Å². The highest BCUT2D eigenvalue weighted by atomic mass is 32.2. The largest absolute Gasteiger partial charge is 0.331 e. The van der Waals surface area contributed by atoms with Gasteiger partial charge in [-0.25, -0.2) is 4.79 Å². The third-order valence-electron chi connectivity index (χ3n) is 4.47. The van der Waals surface area contributed by atoms with Crippen LogP contribution in [0.25, 0.3) is 0 Å². The summed E-state index contributed by atoms with van der Waals surface area (Å²) >= 11 is 0. The maximum absolute atomic E-state index is 12.8. The minimum atomic E-state index is -4.35. The van der Waals surface area contributed by atoms with E-state index >= 15 is 0 Å². The molecule has 1 unspecified atom stereocenters. The zero-order valence-electron chi connectivity index (χ0n) is 14.9. The fourth-order valence-electron chi connectivity index (χ4n) is 2.91. The summed E-state index contributed by atoms with van der Waals surface area (Å²) in [7, 11) is -4.35. The van der Waals surface area contributed by atoms with Gasteiger partial charge in [-0.05, 0) is 29.7 Å². The molecule has 2 aromatic carbocycles. The summed E-state index contributed by atoms with van der Waals surface area (Å²) in [5, 5.41) is 2.14. The Bertz CT molecular complexity index is 1080. The van der Waals surface area contributed by atoms with E-state index in [-0.39, 0.29) is 17.9 Å². The van der Waals surface area contributed by atoms with Crippen molar-refractivity contribution in [1.29, 1.82) is 0 Å². The number of imide groups is 2. The van der Waals surface area contributed by atoms with Gasteiger partial charge in [-0.3, -0.25) is 29.2 Å². The Morgan fingerprint density at radius 2 is 1.55 bits per heavy atom. The van der Waals surface area contributed by atoms with Gasteiger partial charge >= 0.3 is 6.03 Å². The van der Waals surface area contributed by atoms with Crippen LogP contribution in [0.1, 0.15) is 21.5 Å². The number of nitrogens with one attached hydrogen (secondary N) is 1. The Kier molecular flexibility index (Phi) is 5.57. The van der Waals surface area contributed by atoms with Gasteiger partial charge in [-0.15, -0.1) is 0 Å². The van der Waals surface area contributed by atoms with Crippen LogP contribution in [0, 0.1) is 5.92 Å². The van der Waals surface area contributed by atoms with Gasteiger partial charge in [0.05, 0.1) is 11.4 Å². The number of aldehydes is 1. The van der Waals surface area contributed by atoms with Crippen molar-refractivity contribution >= 4 is 34.2 Å². The second-order valence-electron chi connectivity index (χ2n) is 6.45. The van der Waals surface area contributed by atoms with Crippen molar-refractivity contribution in [3.05, 3.63) is 65.2 Å². The maximum Gasteiger partial charge on any atom is 0.331 e. The lowest BCUT2D eigenvalue weighted by molar-refractivity contribution is -0.142. The van der Waals surface area contributed by atoms with Crippen molar-refractivity contribution in [2.45, 2.75) is 17.9 Å². The number of amides is 4. The summed E-state index contributed by atoms with van der Waals surface area (Å²) in [5.41, 5.74) is 1.53. The Hall–Kier alpha value is -3.37. The molecule has 0 spiro atoms. The van der Waals surface area contributed by atoms with Gasteiger partial charge in [0, 0.05) is 5.56 Å². The summed E-state index contributed by atoms with van der Waals surface area (Å²) in [4.78, 5) is 48.4. The smallest absolute Gasteiger partial charge is 0.298 e. The minimum Gasteiger partial charge on any atom is -0.298 e. The summed E-state index contributed by atoms with van der Waals surface area (Å²) in [5.74, 6) is -2.60. The first-order valence-electron chi connectivity index (χ1n) is 8.46. The summed E-state index contributed by atoms with van der Waals surface area (Å²) < 4.78 is 31.2. The number of carbonyl (C=O) groups excluding carboxylic acids is 4. The van der Waals surface area contributed by atoms with E-state index < -0.39 is 33.9 Å². The lowest BCUT2D eigenvalue weighted by Crippen LogP contribution is -2.57. The van der Waals surface area contributed by atoms with Gasteiger partial charge in [0.2, 0.25) is 11.8 Å². The van der Waals surface area contributed by atoms with Gasteiger partial charge in [0.15, 0.2) is 0 Å². The molecule has 1 atom stereocenters. The predicted molar refractivity (Wildman–Crippen MR) is 99.4 cm³/mol. The molecule has 1 saturated heterocycles. The molecule has 10 heteroatoms. The van der Waals surface area contributed by atoms with Crippen molar-refractivity contribution < 1.29 is 32.1 Å². The average molecular weight is 416 g/mol. The third-order valence-corrected chi connectivity index (χ3v) is 5.34. The molecule has 29 heavy (non-hydrogen) atoms. The molecule has 2 N–H and O–H groups in total. The summed E-state index contributed by atoms with van der Waals surface area (Å²) in [6, 6.07) is 10.5. The van der Waals surface area contributed by atoms with Crippen LogP contribution in [-0.2, 0) is 32.7 Å². The average Bonchev–Trinajstić information content (AvgIpc) is 2.68. The second kappa shape index (κ2) is 7.94. The molecule has 1 fully saturated rings. The zero-order valence-corrected chi connectivity index (χ0v) is 15.8. The highest BCUT2D eigenvalue weighted by Crippen LogP contribution is 2.20. The van der Waals surface area contributed by atoms with Gasteiger partial charge < -0.3 is 0 Å². The molecule has 0 aliphatic carbocycles. The number of hydrogen-bond acceptors (Lipinski definition) is 6. The lowest BCUT2D eigenvalue weighted by Gasteiger charge is -2.30. The fraction of sp³-hybridized carbons (Fsp3) is 0.158. The number of barbiturate groups is 1. The first kappa shape index (κ1) is 20.4. The van der Waals surface area contributed by atoms with E-state index in [0.717, 1.165) is 17.0 Å². The molecule has 1 aliphatic rings. The van der Waals surface area contributed by atoms with Crippen LogP contribution >= 0.6 is 0 Å². The molecule has 3 rings (SSSR count). The second-order valence-corrected chi connectivity index (χ2v) is 7.88. The monoisotopic (exact) mass is 416 g/mol. The third kappa shape index (κ3) is 4.55. The zero-order chi connectivity index (χ0) is 21.2. The van der Waals surface area contributed by atoms with Crippen molar-refractivity contribution in [3.63, 3.8) is 0 Å². The number of nitrogens with zero attached hydrogens (tertiary/aromatic N) is 1. The van der Waals surface area contributed by atoms with Crippen molar-refractivity contribution in [1.82, 2.24) is 10.2 Å². The fourth-order valence-corrected chi connectivity index (χ4v) is 3.39. The predicted octanol–water partition coefficient (Wildman–Crippen LogP) is 1.18. The number of carbonyl (C=O) groups is 4. The van der Waals surface area contributed by atoms with E-state index in [9.17, 15) is 27.6 Å². The molecule has 9 nitrogen and oxygen atoms in total. The first-order valence-corrected chi connectivity index (χ1v) is 9.90.